The van der Waals surface area contributed by atoms with Crippen molar-refractivity contribution in [3.63, 3.8) is 0 Å². The van der Waals surface area contributed by atoms with E-state index >= 15 is 0 Å². The van der Waals surface area contributed by atoms with Crippen LogP contribution in [-0.4, -0.2) is 18.3 Å². The average molecular weight is 978 g/mol. The lowest BCUT2D eigenvalue weighted by Crippen LogP contribution is -2.12. The molecule has 0 saturated heterocycles. The molecule has 13 aromatic rings. The van der Waals surface area contributed by atoms with Crippen LogP contribution in [0.3, 0.4) is 0 Å². The number of aryl methyl sites for hydroxylation is 2. The van der Waals surface area contributed by atoms with Crippen LogP contribution in [-0.2, 0) is 25.2 Å². The van der Waals surface area contributed by atoms with Gasteiger partial charge in [-0.1, -0.05) is 121 Å². The number of hydrogen-bond acceptors (Lipinski definition) is 1. The highest BCUT2D eigenvalue weighted by molar-refractivity contribution is 6.24. The fourth-order valence-corrected chi connectivity index (χ4v) is 11.9. The summed E-state index contributed by atoms with van der Waals surface area (Å²) in [4.78, 5) is 0. The van der Waals surface area contributed by atoms with E-state index in [1.807, 2.05) is 143 Å². The second kappa shape index (κ2) is 15.9. The summed E-state index contributed by atoms with van der Waals surface area (Å²) in [5.74, 6) is 0. The maximum Gasteiger partial charge on any atom is 0.416 e. The Morgan fingerprint density at radius 2 is 0.743 bits per heavy atom. The first-order valence-electron chi connectivity index (χ1n) is 24.2. The van der Waals surface area contributed by atoms with Crippen molar-refractivity contribution in [1.82, 2.24) is 18.3 Å². The van der Waals surface area contributed by atoms with Crippen molar-refractivity contribution >= 4 is 65.4 Å². The van der Waals surface area contributed by atoms with E-state index in [0.29, 0.717) is 29.6 Å². The molecular formula is C63H37F6N5. The fourth-order valence-electron chi connectivity index (χ4n) is 11.9. The third-order valence-electron chi connectivity index (χ3n) is 14.9. The lowest BCUT2D eigenvalue weighted by molar-refractivity contribution is -0.143. The zero-order valence-corrected chi connectivity index (χ0v) is 39.0. The second-order valence-corrected chi connectivity index (χ2v) is 18.9. The minimum atomic E-state index is -5.12. The number of nitriles is 1. The van der Waals surface area contributed by atoms with E-state index in [1.54, 1.807) is 12.1 Å². The van der Waals surface area contributed by atoms with E-state index < -0.39 is 23.5 Å². The summed E-state index contributed by atoms with van der Waals surface area (Å²) in [6.07, 6.45) is -8.90. The lowest BCUT2D eigenvalue weighted by Gasteiger charge is -2.23. The molecular weight excluding hydrogens is 941 g/mol. The Balaban J connectivity index is 1.19. The van der Waals surface area contributed by atoms with Crippen molar-refractivity contribution in [3.05, 3.63) is 228 Å². The Labute approximate surface area is 418 Å². The van der Waals surface area contributed by atoms with Gasteiger partial charge < -0.3 is 18.3 Å². The molecule has 356 valence electrons. The van der Waals surface area contributed by atoms with E-state index in [-0.39, 0.29) is 28.4 Å². The zero-order valence-electron chi connectivity index (χ0n) is 39.0. The van der Waals surface area contributed by atoms with Crippen LogP contribution >= 0.6 is 0 Å². The molecule has 0 bridgehead atoms. The molecule has 0 atom stereocenters. The normalized spacial score (nSPS) is 12.9. The van der Waals surface area contributed by atoms with Crippen molar-refractivity contribution in [2.24, 2.45) is 0 Å². The van der Waals surface area contributed by atoms with Crippen LogP contribution in [0.2, 0.25) is 0 Å². The van der Waals surface area contributed by atoms with Crippen LogP contribution in [0.1, 0.15) is 27.8 Å². The maximum atomic E-state index is 14.9. The molecule has 0 spiro atoms. The molecule has 0 aliphatic heterocycles. The molecule has 4 heterocycles. The van der Waals surface area contributed by atoms with Gasteiger partial charge in [-0.2, -0.15) is 31.6 Å². The van der Waals surface area contributed by atoms with Crippen molar-refractivity contribution in [3.8, 4) is 51.3 Å². The van der Waals surface area contributed by atoms with Gasteiger partial charge in [0.2, 0.25) is 0 Å². The summed E-state index contributed by atoms with van der Waals surface area (Å²) < 4.78 is 97.7. The molecule has 9 aromatic carbocycles. The van der Waals surface area contributed by atoms with Gasteiger partial charge in [0.05, 0.1) is 67.0 Å². The summed E-state index contributed by atoms with van der Waals surface area (Å²) in [5, 5.41) is 17.5. The van der Waals surface area contributed by atoms with Crippen molar-refractivity contribution in [2.45, 2.75) is 25.2 Å². The van der Waals surface area contributed by atoms with Gasteiger partial charge in [-0.25, -0.2) is 0 Å². The SMILES string of the molecule is N#Cc1c(-n2c3c(c4ccccc42)CCc2c-3n(-c3ccccc3)c3ccccc23)cc(-c2cc(C(F)(F)F)cc(C(F)(F)F)c2)cc1-n1c2ccccc2c2ccc3c4ccccc4n(-c4ccccc4)c3c21. The highest BCUT2D eigenvalue weighted by atomic mass is 19.4. The number of para-hydroxylation sites is 6. The topological polar surface area (TPSA) is 43.5 Å². The quantitative estimate of drug-likeness (QED) is 0.159. The standard InChI is InChI=1S/C63H37F6N5/c64-62(65,66)39-31-37(32-40(35-39)63(67,68)69)38-33-56(73-54-25-13-9-21-45(54)49-29-27-47-43-19-7-11-23-52(43)71(58(47)60(49)73)41-15-3-1-4-16-41)51(36-70)57(34-38)74-55-26-14-10-22-46(55)50-30-28-48-44-20-8-12-24-53(44)72(59(48)61(50)74)42-17-5-2-6-18-42/h1-27,29,31-35H,28,30H2. The summed E-state index contributed by atoms with van der Waals surface area (Å²) in [7, 11) is 0. The zero-order chi connectivity index (χ0) is 50.2. The Morgan fingerprint density at radius 3 is 1.24 bits per heavy atom. The summed E-state index contributed by atoms with van der Waals surface area (Å²) in [6, 6.07) is 63.4. The highest BCUT2D eigenvalue weighted by Gasteiger charge is 2.38. The summed E-state index contributed by atoms with van der Waals surface area (Å²) in [6.45, 7) is 0. The number of rotatable bonds is 5. The first-order chi connectivity index (χ1) is 36.0. The van der Waals surface area contributed by atoms with Gasteiger partial charge in [0.1, 0.15) is 11.6 Å². The predicted octanol–water partition coefficient (Wildman–Crippen LogP) is 17.1. The molecule has 11 heteroatoms. The minimum absolute atomic E-state index is 0.0541. The van der Waals surface area contributed by atoms with Crippen molar-refractivity contribution < 1.29 is 26.3 Å². The van der Waals surface area contributed by atoms with Gasteiger partial charge in [0.15, 0.2) is 0 Å². The van der Waals surface area contributed by atoms with Gasteiger partial charge in [-0.15, -0.1) is 0 Å². The third kappa shape index (κ3) is 6.30. The van der Waals surface area contributed by atoms with Crippen LogP contribution in [0.5, 0.6) is 0 Å². The lowest BCUT2D eigenvalue weighted by atomic mass is 9.91. The Kier molecular flexibility index (Phi) is 9.33. The summed E-state index contributed by atoms with van der Waals surface area (Å²) >= 11 is 0. The van der Waals surface area contributed by atoms with E-state index in [9.17, 15) is 31.6 Å². The molecule has 0 radical (unpaired) electrons. The number of hydrogen-bond donors (Lipinski definition) is 0. The van der Waals surface area contributed by atoms with Crippen LogP contribution in [0, 0.1) is 11.3 Å². The van der Waals surface area contributed by atoms with Crippen LogP contribution < -0.4 is 0 Å². The number of aromatic nitrogens is 4. The first kappa shape index (κ1) is 43.5. The largest absolute Gasteiger partial charge is 0.416 e. The maximum absolute atomic E-state index is 14.9. The molecule has 0 saturated carbocycles. The molecule has 0 amide bonds. The fraction of sp³-hybridized carbons (Fsp3) is 0.0635. The van der Waals surface area contributed by atoms with Crippen LogP contribution in [0.4, 0.5) is 26.3 Å². The molecule has 0 fully saturated rings. The van der Waals surface area contributed by atoms with Crippen molar-refractivity contribution in [1.29, 1.82) is 5.26 Å². The average Bonchev–Trinajstić information content (AvgIpc) is 4.18. The third-order valence-corrected chi connectivity index (χ3v) is 14.9. The Bertz CT molecular complexity index is 4490. The van der Waals surface area contributed by atoms with Gasteiger partial charge in [-0.3, -0.25) is 0 Å². The van der Waals surface area contributed by atoms with Gasteiger partial charge in [-0.05, 0) is 114 Å². The molecule has 74 heavy (non-hydrogen) atoms. The van der Waals surface area contributed by atoms with Gasteiger partial charge in [0, 0.05) is 43.7 Å². The Morgan fingerprint density at radius 1 is 0.365 bits per heavy atom. The van der Waals surface area contributed by atoms with E-state index in [4.69, 9.17) is 0 Å². The van der Waals surface area contributed by atoms with Crippen LogP contribution in [0.25, 0.3) is 111 Å². The number of benzene rings is 9. The minimum Gasteiger partial charge on any atom is -0.307 e. The highest BCUT2D eigenvalue weighted by Crippen LogP contribution is 2.50. The van der Waals surface area contributed by atoms with E-state index in [2.05, 4.69) is 51.6 Å². The molecule has 1 aliphatic rings. The number of alkyl halides is 6. The van der Waals surface area contributed by atoms with E-state index in [1.165, 1.54) is 0 Å². The molecule has 0 unspecified atom stereocenters. The van der Waals surface area contributed by atoms with E-state index in [0.717, 1.165) is 100 Å². The van der Waals surface area contributed by atoms with Gasteiger partial charge >= 0.3 is 12.4 Å². The monoisotopic (exact) mass is 977 g/mol. The first-order valence-corrected chi connectivity index (χ1v) is 24.2. The molecule has 1 aliphatic carbocycles. The number of nitrogens with zero attached hydrogens (tertiary/aromatic N) is 5. The van der Waals surface area contributed by atoms with Gasteiger partial charge in [0.25, 0.3) is 0 Å². The van der Waals surface area contributed by atoms with Crippen LogP contribution in [0.15, 0.2) is 200 Å². The number of halogens is 6. The molecule has 5 nitrogen and oxygen atoms in total. The molecule has 14 rings (SSSR count). The smallest absolute Gasteiger partial charge is 0.307 e. The van der Waals surface area contributed by atoms with Crippen molar-refractivity contribution in [2.75, 3.05) is 0 Å². The molecule has 0 N–H and O–H groups in total. The number of fused-ring (bicyclic) bond motifs is 14. The predicted molar refractivity (Wildman–Crippen MR) is 282 cm³/mol. The molecule has 4 aromatic heterocycles. The summed E-state index contributed by atoms with van der Waals surface area (Å²) in [5.41, 5.74) is 7.93. The second-order valence-electron chi connectivity index (χ2n) is 18.9. The Hall–Kier alpha value is -9.27.